The van der Waals surface area contributed by atoms with Gasteiger partial charge < -0.3 is 20.5 Å². The number of aliphatic hydroxyl groups excluding tert-OH is 1. The molecule has 0 saturated heterocycles. The molecule has 0 aliphatic carbocycles. The first-order valence-electron chi connectivity index (χ1n) is 7.87. The summed E-state index contributed by atoms with van der Waals surface area (Å²) in [5, 5.41) is 16.0. The number of alkyl halides is 3. The molecule has 1 aromatic carbocycles. The van der Waals surface area contributed by atoms with Crippen LogP contribution in [0.25, 0.3) is 0 Å². The summed E-state index contributed by atoms with van der Waals surface area (Å²) >= 11 is 0. The number of benzene rings is 1. The Morgan fingerprint density at radius 1 is 1.29 bits per heavy atom. The monoisotopic (exact) mass is 347 g/mol. The van der Waals surface area contributed by atoms with Crippen molar-refractivity contribution in [1.29, 1.82) is 0 Å². The molecule has 0 radical (unpaired) electrons. The van der Waals surface area contributed by atoms with E-state index in [-0.39, 0.29) is 18.9 Å². The molecule has 1 atom stereocenters. The molecule has 8 heteroatoms. The number of nitrogens with zero attached hydrogens (tertiary/aromatic N) is 1. The Hall–Kier alpha value is -1.96. The van der Waals surface area contributed by atoms with Gasteiger partial charge in [0.05, 0.1) is 12.1 Å². The van der Waals surface area contributed by atoms with Crippen LogP contribution in [0, 0.1) is 0 Å². The van der Waals surface area contributed by atoms with Crippen molar-refractivity contribution in [2.75, 3.05) is 26.2 Å². The standard InChI is InChI=1S/C16H24F3N3O2/c1-3-8-21-15(20-4-2)22-10-13(23)11-24-14-7-5-6-12(9-14)16(17,18)19/h5-7,9,13,23H,3-4,8,10-11H2,1-2H3,(H2,20,21,22). The Morgan fingerprint density at radius 3 is 2.67 bits per heavy atom. The molecule has 5 nitrogen and oxygen atoms in total. The molecule has 0 heterocycles. The number of aliphatic hydroxyl groups is 1. The van der Waals surface area contributed by atoms with E-state index >= 15 is 0 Å². The molecule has 136 valence electrons. The van der Waals surface area contributed by atoms with Crippen molar-refractivity contribution in [3.05, 3.63) is 29.8 Å². The molecule has 0 bridgehead atoms. The average molecular weight is 347 g/mol. The van der Waals surface area contributed by atoms with Crippen molar-refractivity contribution in [3.8, 4) is 5.75 Å². The van der Waals surface area contributed by atoms with E-state index in [1.54, 1.807) is 0 Å². The Morgan fingerprint density at radius 2 is 2.04 bits per heavy atom. The highest BCUT2D eigenvalue weighted by Crippen LogP contribution is 2.31. The second kappa shape index (κ2) is 10.0. The normalized spacial score (nSPS) is 13.5. The molecular weight excluding hydrogens is 323 g/mol. The average Bonchev–Trinajstić information content (AvgIpc) is 2.55. The van der Waals surface area contributed by atoms with E-state index in [4.69, 9.17) is 4.74 Å². The van der Waals surface area contributed by atoms with E-state index in [1.165, 1.54) is 12.1 Å². The Labute approximate surface area is 139 Å². The molecule has 0 spiro atoms. The van der Waals surface area contributed by atoms with Gasteiger partial charge in [-0.2, -0.15) is 13.2 Å². The number of aliphatic imine (C=N–C) groups is 1. The van der Waals surface area contributed by atoms with Crippen LogP contribution in [0.15, 0.2) is 29.3 Å². The lowest BCUT2D eigenvalue weighted by Crippen LogP contribution is -2.38. The molecule has 1 aromatic rings. The van der Waals surface area contributed by atoms with Gasteiger partial charge in [-0.1, -0.05) is 13.0 Å². The number of nitrogens with one attached hydrogen (secondary N) is 2. The van der Waals surface area contributed by atoms with Crippen LogP contribution in [-0.4, -0.2) is 43.4 Å². The highest BCUT2D eigenvalue weighted by molar-refractivity contribution is 5.79. The third-order valence-corrected chi connectivity index (χ3v) is 2.95. The zero-order valence-electron chi connectivity index (χ0n) is 13.9. The number of halogens is 3. The van der Waals surface area contributed by atoms with Crippen LogP contribution in [-0.2, 0) is 6.18 Å². The molecular formula is C16H24F3N3O2. The minimum Gasteiger partial charge on any atom is -0.491 e. The highest BCUT2D eigenvalue weighted by Gasteiger charge is 2.30. The molecule has 3 N–H and O–H groups in total. The first-order valence-corrected chi connectivity index (χ1v) is 7.87. The van der Waals surface area contributed by atoms with Gasteiger partial charge in [0.25, 0.3) is 0 Å². The van der Waals surface area contributed by atoms with Crippen LogP contribution < -0.4 is 15.4 Å². The predicted octanol–water partition coefficient (Wildman–Crippen LogP) is 2.41. The smallest absolute Gasteiger partial charge is 0.416 e. The Bertz CT molecular complexity index is 522. The summed E-state index contributed by atoms with van der Waals surface area (Å²) in [6.45, 7) is 5.33. The summed E-state index contributed by atoms with van der Waals surface area (Å²) in [4.78, 5) is 4.20. The van der Waals surface area contributed by atoms with Gasteiger partial charge in [0, 0.05) is 13.1 Å². The minimum atomic E-state index is -4.42. The second-order valence-corrected chi connectivity index (χ2v) is 5.14. The van der Waals surface area contributed by atoms with Gasteiger partial charge in [0.15, 0.2) is 5.96 Å². The molecule has 0 aliphatic rings. The first kappa shape index (κ1) is 20.1. The van der Waals surface area contributed by atoms with Gasteiger partial charge in [-0.3, -0.25) is 4.99 Å². The van der Waals surface area contributed by atoms with Gasteiger partial charge in [-0.15, -0.1) is 0 Å². The second-order valence-electron chi connectivity index (χ2n) is 5.14. The SMILES string of the molecule is CCCNC(=NCC(O)COc1cccc(C(F)(F)F)c1)NCC. The fraction of sp³-hybridized carbons (Fsp3) is 0.562. The van der Waals surface area contributed by atoms with Crippen LogP contribution in [0.1, 0.15) is 25.8 Å². The zero-order chi connectivity index (χ0) is 18.0. The largest absolute Gasteiger partial charge is 0.491 e. The van der Waals surface area contributed by atoms with E-state index in [0.29, 0.717) is 12.5 Å². The zero-order valence-corrected chi connectivity index (χ0v) is 13.9. The van der Waals surface area contributed by atoms with Gasteiger partial charge in [-0.25, -0.2) is 0 Å². The molecule has 1 rings (SSSR count). The Kier molecular flexibility index (Phi) is 8.39. The molecule has 0 amide bonds. The van der Waals surface area contributed by atoms with Gasteiger partial charge in [0.1, 0.15) is 18.5 Å². The van der Waals surface area contributed by atoms with Crippen LogP contribution in [0.5, 0.6) is 5.75 Å². The van der Waals surface area contributed by atoms with Crippen molar-refractivity contribution in [2.24, 2.45) is 4.99 Å². The maximum absolute atomic E-state index is 12.6. The predicted molar refractivity (Wildman–Crippen MR) is 87.2 cm³/mol. The first-order chi connectivity index (χ1) is 11.4. The van der Waals surface area contributed by atoms with Gasteiger partial charge >= 0.3 is 6.18 Å². The van der Waals surface area contributed by atoms with Gasteiger partial charge in [-0.05, 0) is 31.5 Å². The fourth-order valence-electron chi connectivity index (χ4n) is 1.79. The molecule has 0 aromatic heterocycles. The number of rotatable bonds is 8. The molecule has 1 unspecified atom stereocenters. The molecule has 0 fully saturated rings. The summed E-state index contributed by atoms with van der Waals surface area (Å²) in [5.74, 6) is 0.640. The number of hydrogen-bond donors (Lipinski definition) is 3. The quantitative estimate of drug-likeness (QED) is 0.499. The van der Waals surface area contributed by atoms with E-state index in [9.17, 15) is 18.3 Å². The topological polar surface area (TPSA) is 65.9 Å². The van der Waals surface area contributed by atoms with Crippen LogP contribution in [0.2, 0.25) is 0 Å². The number of ether oxygens (including phenoxy) is 1. The summed E-state index contributed by atoms with van der Waals surface area (Å²) in [7, 11) is 0. The van der Waals surface area contributed by atoms with Crippen LogP contribution >= 0.6 is 0 Å². The molecule has 0 aliphatic heterocycles. The maximum atomic E-state index is 12.6. The fourth-order valence-corrected chi connectivity index (χ4v) is 1.79. The Balaban J connectivity index is 2.52. The maximum Gasteiger partial charge on any atom is 0.416 e. The highest BCUT2D eigenvalue weighted by atomic mass is 19.4. The number of hydrogen-bond acceptors (Lipinski definition) is 3. The van der Waals surface area contributed by atoms with Crippen molar-refractivity contribution >= 4 is 5.96 Å². The van der Waals surface area contributed by atoms with Crippen molar-refractivity contribution in [1.82, 2.24) is 10.6 Å². The lowest BCUT2D eigenvalue weighted by molar-refractivity contribution is -0.137. The van der Waals surface area contributed by atoms with Crippen molar-refractivity contribution < 1.29 is 23.0 Å². The third kappa shape index (κ3) is 7.54. The summed E-state index contributed by atoms with van der Waals surface area (Å²) in [6, 6.07) is 4.55. The summed E-state index contributed by atoms with van der Waals surface area (Å²) < 4.78 is 43.1. The lowest BCUT2D eigenvalue weighted by atomic mass is 10.2. The lowest BCUT2D eigenvalue weighted by Gasteiger charge is -2.14. The van der Waals surface area contributed by atoms with E-state index in [2.05, 4.69) is 15.6 Å². The van der Waals surface area contributed by atoms with Gasteiger partial charge in [0.2, 0.25) is 0 Å². The van der Waals surface area contributed by atoms with Crippen molar-refractivity contribution in [2.45, 2.75) is 32.5 Å². The van der Waals surface area contributed by atoms with E-state index in [1.807, 2.05) is 13.8 Å². The third-order valence-electron chi connectivity index (χ3n) is 2.95. The molecule has 0 saturated carbocycles. The number of guanidine groups is 1. The summed E-state index contributed by atoms with van der Waals surface area (Å²) in [5.41, 5.74) is -0.786. The molecule has 24 heavy (non-hydrogen) atoms. The van der Waals surface area contributed by atoms with E-state index in [0.717, 1.165) is 25.1 Å². The van der Waals surface area contributed by atoms with Crippen molar-refractivity contribution in [3.63, 3.8) is 0 Å². The van der Waals surface area contributed by atoms with E-state index < -0.39 is 17.8 Å². The van der Waals surface area contributed by atoms with Crippen LogP contribution in [0.3, 0.4) is 0 Å². The van der Waals surface area contributed by atoms with Crippen LogP contribution in [0.4, 0.5) is 13.2 Å². The minimum absolute atomic E-state index is 0.0591. The summed E-state index contributed by atoms with van der Waals surface area (Å²) in [6.07, 6.45) is -4.41.